The Morgan fingerprint density at radius 2 is 1.83 bits per heavy atom. The highest BCUT2D eigenvalue weighted by Crippen LogP contribution is 2.21. The van der Waals surface area contributed by atoms with Crippen LogP contribution in [0.4, 0.5) is 0 Å². The summed E-state index contributed by atoms with van der Waals surface area (Å²) in [5.41, 5.74) is 1.35. The third-order valence-electron chi connectivity index (χ3n) is 4.02. The van der Waals surface area contributed by atoms with E-state index in [0.717, 1.165) is 30.9 Å². The highest BCUT2D eigenvalue weighted by Gasteiger charge is 2.34. The first kappa shape index (κ1) is 21.3. The molecule has 0 unspecified atom stereocenters. The first-order valence-electron chi connectivity index (χ1n) is 8.83. The molecule has 0 amide bonds. The van der Waals surface area contributed by atoms with Crippen molar-refractivity contribution >= 4 is 26.0 Å². The largest absolute Gasteiger partial charge is 0.480 e. The molecule has 1 aromatic carbocycles. The standard InChI is InChI=1S/C19H33NO2SSi/c1-16(2)14-18(19(21)22)20(24(3,4)5)12-9-13-23-15-17-10-7-6-8-11-17/h6-8,10-11,16,18H,9,12-15H2,1-5H3,(H,21,22)/t18-/m0/s1. The second-order valence-electron chi connectivity index (χ2n) is 7.74. The lowest BCUT2D eigenvalue weighted by atomic mass is 10.0. The molecule has 0 radical (unpaired) electrons. The van der Waals surface area contributed by atoms with Crippen molar-refractivity contribution < 1.29 is 9.90 Å². The molecule has 1 N–H and O–H groups in total. The Hall–Kier alpha value is -0.783. The van der Waals surface area contributed by atoms with Crippen LogP contribution in [0.3, 0.4) is 0 Å². The fourth-order valence-electron chi connectivity index (χ4n) is 2.87. The van der Waals surface area contributed by atoms with Crippen LogP contribution in [0.1, 0.15) is 32.3 Å². The van der Waals surface area contributed by atoms with Crippen molar-refractivity contribution in [2.24, 2.45) is 5.92 Å². The van der Waals surface area contributed by atoms with Gasteiger partial charge in [-0.1, -0.05) is 63.8 Å². The highest BCUT2D eigenvalue weighted by atomic mass is 32.2. The van der Waals surface area contributed by atoms with Gasteiger partial charge < -0.3 is 9.67 Å². The molecule has 0 spiro atoms. The van der Waals surface area contributed by atoms with Crippen LogP contribution in [-0.2, 0) is 10.5 Å². The zero-order chi connectivity index (χ0) is 18.2. The topological polar surface area (TPSA) is 40.5 Å². The summed E-state index contributed by atoms with van der Waals surface area (Å²) in [7, 11) is -1.66. The van der Waals surface area contributed by atoms with Gasteiger partial charge in [0, 0.05) is 5.75 Å². The second-order valence-corrected chi connectivity index (χ2v) is 13.8. The Labute approximate surface area is 152 Å². The molecule has 0 fully saturated rings. The third kappa shape index (κ3) is 7.86. The first-order valence-corrected chi connectivity index (χ1v) is 13.4. The molecular formula is C19H33NO2SSi. The Morgan fingerprint density at radius 1 is 1.21 bits per heavy atom. The van der Waals surface area contributed by atoms with E-state index in [1.54, 1.807) is 0 Å². The monoisotopic (exact) mass is 367 g/mol. The normalized spacial score (nSPS) is 13.5. The zero-order valence-electron chi connectivity index (χ0n) is 15.8. The van der Waals surface area contributed by atoms with Crippen LogP contribution >= 0.6 is 11.8 Å². The summed E-state index contributed by atoms with van der Waals surface area (Å²) in [6.45, 7) is 11.9. The molecular weight excluding hydrogens is 334 g/mol. The predicted molar refractivity (Wildman–Crippen MR) is 108 cm³/mol. The smallest absolute Gasteiger partial charge is 0.320 e. The molecule has 0 aliphatic rings. The van der Waals surface area contributed by atoms with E-state index in [2.05, 4.69) is 62.3 Å². The van der Waals surface area contributed by atoms with Crippen molar-refractivity contribution in [3.05, 3.63) is 35.9 Å². The molecule has 1 atom stereocenters. The number of rotatable bonds is 11. The molecule has 0 aromatic heterocycles. The number of hydrogen-bond acceptors (Lipinski definition) is 3. The summed E-state index contributed by atoms with van der Waals surface area (Å²) in [5.74, 6) is 1.84. The molecule has 24 heavy (non-hydrogen) atoms. The molecule has 1 aromatic rings. The summed E-state index contributed by atoms with van der Waals surface area (Å²) in [6, 6.07) is 10.2. The number of thioether (sulfide) groups is 1. The molecule has 1 rings (SSSR count). The Morgan fingerprint density at radius 3 is 2.33 bits per heavy atom. The maximum absolute atomic E-state index is 11.8. The molecule has 0 aliphatic carbocycles. The summed E-state index contributed by atoms with van der Waals surface area (Å²) in [4.78, 5) is 11.8. The number of benzene rings is 1. The van der Waals surface area contributed by atoms with Gasteiger partial charge in [0.2, 0.25) is 0 Å². The number of nitrogens with zero attached hydrogens (tertiary/aromatic N) is 1. The van der Waals surface area contributed by atoms with Crippen LogP contribution in [0.2, 0.25) is 19.6 Å². The SMILES string of the molecule is CC(C)C[C@@H](C(=O)O)N(CCCSCc1ccccc1)[Si](C)(C)C. The van der Waals surface area contributed by atoms with Crippen molar-refractivity contribution in [1.29, 1.82) is 0 Å². The Kier molecular flexibility index (Phi) is 9.09. The average Bonchev–Trinajstić information content (AvgIpc) is 2.48. The lowest BCUT2D eigenvalue weighted by Gasteiger charge is -2.39. The third-order valence-corrected chi connectivity index (χ3v) is 7.39. The number of carboxylic acids is 1. The average molecular weight is 368 g/mol. The van der Waals surface area contributed by atoms with E-state index >= 15 is 0 Å². The Balaban J connectivity index is 2.52. The lowest BCUT2D eigenvalue weighted by Crippen LogP contribution is -2.55. The minimum atomic E-state index is -1.66. The van der Waals surface area contributed by atoms with Gasteiger partial charge >= 0.3 is 5.97 Å². The van der Waals surface area contributed by atoms with E-state index in [0.29, 0.717) is 5.92 Å². The molecule has 0 heterocycles. The fraction of sp³-hybridized carbons (Fsp3) is 0.632. The zero-order valence-corrected chi connectivity index (χ0v) is 17.6. The summed E-state index contributed by atoms with van der Waals surface area (Å²) < 4.78 is 2.30. The van der Waals surface area contributed by atoms with Gasteiger partial charge in [-0.15, -0.1) is 0 Å². The predicted octanol–water partition coefficient (Wildman–Crippen LogP) is 4.95. The van der Waals surface area contributed by atoms with E-state index in [9.17, 15) is 9.90 Å². The molecule has 0 aliphatic heterocycles. The number of aliphatic carboxylic acids is 1. The van der Waals surface area contributed by atoms with E-state index in [4.69, 9.17) is 0 Å². The first-order chi connectivity index (χ1) is 11.2. The molecule has 0 saturated carbocycles. The van der Waals surface area contributed by atoms with Gasteiger partial charge in [0.1, 0.15) is 14.3 Å². The molecule has 3 nitrogen and oxygen atoms in total. The molecule has 5 heteroatoms. The number of hydrogen-bond donors (Lipinski definition) is 1. The molecule has 136 valence electrons. The van der Waals surface area contributed by atoms with Crippen LogP contribution in [0, 0.1) is 5.92 Å². The fourth-order valence-corrected chi connectivity index (χ4v) is 5.75. The maximum Gasteiger partial charge on any atom is 0.320 e. The quantitative estimate of drug-likeness (QED) is 0.444. The van der Waals surface area contributed by atoms with Crippen LogP contribution < -0.4 is 0 Å². The Bertz CT molecular complexity index is 488. The van der Waals surface area contributed by atoms with Gasteiger partial charge in [-0.2, -0.15) is 11.8 Å². The van der Waals surface area contributed by atoms with Crippen molar-refractivity contribution in [2.75, 3.05) is 12.3 Å². The van der Waals surface area contributed by atoms with Gasteiger partial charge in [-0.3, -0.25) is 4.79 Å². The second kappa shape index (κ2) is 10.3. The summed E-state index contributed by atoms with van der Waals surface area (Å²) >= 11 is 1.93. The van der Waals surface area contributed by atoms with Crippen molar-refractivity contribution in [2.45, 2.75) is 58.1 Å². The van der Waals surface area contributed by atoms with Crippen LogP contribution in [0.25, 0.3) is 0 Å². The van der Waals surface area contributed by atoms with Gasteiger partial charge in [-0.25, -0.2) is 0 Å². The van der Waals surface area contributed by atoms with Gasteiger partial charge in [0.05, 0.1) is 0 Å². The van der Waals surface area contributed by atoms with Crippen molar-refractivity contribution in [3.63, 3.8) is 0 Å². The summed E-state index contributed by atoms with van der Waals surface area (Å²) in [5, 5.41) is 9.68. The molecule has 0 bridgehead atoms. The van der Waals surface area contributed by atoms with E-state index in [-0.39, 0.29) is 6.04 Å². The lowest BCUT2D eigenvalue weighted by molar-refractivity contribution is -0.142. The number of carbonyl (C=O) groups is 1. The minimum absolute atomic E-state index is 0.337. The van der Waals surface area contributed by atoms with Crippen LogP contribution in [-0.4, -0.2) is 42.2 Å². The molecule has 0 saturated heterocycles. The van der Waals surface area contributed by atoms with Crippen molar-refractivity contribution in [3.8, 4) is 0 Å². The van der Waals surface area contributed by atoms with Gasteiger partial charge in [0.15, 0.2) is 0 Å². The van der Waals surface area contributed by atoms with E-state index in [1.165, 1.54) is 5.56 Å². The van der Waals surface area contributed by atoms with Crippen molar-refractivity contribution in [1.82, 2.24) is 4.57 Å². The van der Waals surface area contributed by atoms with Crippen LogP contribution in [0.15, 0.2) is 30.3 Å². The number of carboxylic acid groups (broad SMARTS) is 1. The van der Waals surface area contributed by atoms with E-state index in [1.807, 2.05) is 17.8 Å². The van der Waals surface area contributed by atoms with Gasteiger partial charge in [0.25, 0.3) is 0 Å². The minimum Gasteiger partial charge on any atom is -0.480 e. The van der Waals surface area contributed by atoms with Crippen LogP contribution in [0.5, 0.6) is 0 Å². The highest BCUT2D eigenvalue weighted by molar-refractivity contribution is 7.98. The summed E-state index contributed by atoms with van der Waals surface area (Å²) in [6.07, 6.45) is 1.78. The van der Waals surface area contributed by atoms with Gasteiger partial charge in [-0.05, 0) is 36.6 Å². The van der Waals surface area contributed by atoms with E-state index < -0.39 is 14.2 Å². The maximum atomic E-state index is 11.8.